The number of rotatable bonds is 12. The summed E-state index contributed by atoms with van der Waals surface area (Å²) < 4.78 is 5.97. The summed E-state index contributed by atoms with van der Waals surface area (Å²) in [7, 11) is 0. The lowest BCUT2D eigenvalue weighted by Crippen LogP contribution is -2.36. The third kappa shape index (κ3) is 8.15. The summed E-state index contributed by atoms with van der Waals surface area (Å²) in [5.74, 6) is 3.01. The van der Waals surface area contributed by atoms with Crippen LogP contribution in [0.2, 0.25) is 0 Å². The molecule has 6 nitrogen and oxygen atoms in total. The van der Waals surface area contributed by atoms with Gasteiger partial charge < -0.3 is 20.5 Å². The van der Waals surface area contributed by atoms with E-state index in [0.29, 0.717) is 28.9 Å². The molecule has 0 aromatic rings. The van der Waals surface area contributed by atoms with Crippen molar-refractivity contribution in [1.82, 2.24) is 10.6 Å². The van der Waals surface area contributed by atoms with Crippen LogP contribution in [0, 0.1) is 23.2 Å². The van der Waals surface area contributed by atoms with Crippen LogP contribution in [0.25, 0.3) is 0 Å². The van der Waals surface area contributed by atoms with Gasteiger partial charge in [0, 0.05) is 23.8 Å². The number of thioether (sulfide) groups is 1. The number of esters is 1. The van der Waals surface area contributed by atoms with Crippen LogP contribution in [0.4, 0.5) is 4.79 Å². The monoisotopic (exact) mass is 626 g/mol. The van der Waals surface area contributed by atoms with E-state index in [1.54, 1.807) is 5.57 Å². The average Bonchev–Trinajstić information content (AvgIpc) is 3.62. The number of allylic oxidation sites excluding steroid dienone is 4. The minimum Gasteiger partial charge on any atom is -0.462 e. The van der Waals surface area contributed by atoms with Gasteiger partial charge in [0.15, 0.2) is 0 Å². The quantitative estimate of drug-likeness (QED) is 0.116. The molecule has 0 radical (unpaired) electrons. The summed E-state index contributed by atoms with van der Waals surface area (Å²) in [6.45, 7) is 13.2. The van der Waals surface area contributed by atoms with E-state index in [4.69, 9.17) is 4.74 Å². The van der Waals surface area contributed by atoms with Gasteiger partial charge >= 0.3 is 12.0 Å². The van der Waals surface area contributed by atoms with E-state index in [1.807, 2.05) is 25.6 Å². The fraction of sp³-hybridized carbons (Fsp3) is 0.784. The van der Waals surface area contributed by atoms with Crippen molar-refractivity contribution in [2.24, 2.45) is 23.2 Å². The molecule has 8 atom stereocenters. The van der Waals surface area contributed by atoms with E-state index >= 15 is 0 Å². The summed E-state index contributed by atoms with van der Waals surface area (Å²) in [4.78, 5) is 24.3. The van der Waals surface area contributed by atoms with Crippen molar-refractivity contribution in [2.45, 2.75) is 153 Å². The van der Waals surface area contributed by atoms with E-state index in [9.17, 15) is 14.7 Å². The Morgan fingerprint density at radius 1 is 1.18 bits per heavy atom. The molecule has 2 heterocycles. The zero-order valence-electron chi connectivity index (χ0n) is 27.8. The van der Waals surface area contributed by atoms with Gasteiger partial charge in [0.25, 0.3) is 0 Å². The number of amides is 2. The zero-order chi connectivity index (χ0) is 31.5. The lowest BCUT2D eigenvalue weighted by atomic mass is 9.60. The predicted molar refractivity (Wildman–Crippen MR) is 180 cm³/mol. The maximum Gasteiger partial charge on any atom is 0.315 e. The molecule has 5 aliphatic rings. The van der Waals surface area contributed by atoms with E-state index in [1.165, 1.54) is 49.7 Å². The van der Waals surface area contributed by atoms with Gasteiger partial charge in [0.1, 0.15) is 6.10 Å². The number of urea groups is 1. The van der Waals surface area contributed by atoms with Gasteiger partial charge in [-0.15, -0.1) is 0 Å². The van der Waals surface area contributed by atoms with E-state index < -0.39 is 5.60 Å². The highest BCUT2D eigenvalue weighted by Crippen LogP contribution is 2.60. The Morgan fingerprint density at radius 2 is 2.00 bits per heavy atom. The highest BCUT2D eigenvalue weighted by Gasteiger charge is 2.50. The number of nitrogens with one attached hydrogen (secondary N) is 2. The molecule has 2 aliphatic heterocycles. The zero-order valence-corrected chi connectivity index (χ0v) is 28.6. The lowest BCUT2D eigenvalue weighted by Gasteiger charge is -2.44. The molecule has 0 spiro atoms. The first kappa shape index (κ1) is 33.6. The molecule has 2 amide bonds. The van der Waals surface area contributed by atoms with Crippen LogP contribution >= 0.6 is 11.8 Å². The number of unbranched alkanes of at least 4 members (excludes halogenated alkanes) is 1. The lowest BCUT2D eigenvalue weighted by molar-refractivity contribution is -0.149. The fourth-order valence-electron chi connectivity index (χ4n) is 9.26. The molecular weight excluding hydrogens is 568 g/mol. The molecular formula is C37H58N2O4S. The van der Waals surface area contributed by atoms with Crippen molar-refractivity contribution in [2.75, 3.05) is 5.75 Å². The molecule has 44 heavy (non-hydrogen) atoms. The minimum absolute atomic E-state index is 0.0433. The van der Waals surface area contributed by atoms with Crippen LogP contribution in [0.5, 0.6) is 0 Å². The molecule has 1 unspecified atom stereocenters. The molecule has 0 aromatic heterocycles. The second kappa shape index (κ2) is 14.4. The highest BCUT2D eigenvalue weighted by molar-refractivity contribution is 8.00. The van der Waals surface area contributed by atoms with Gasteiger partial charge in [-0.25, -0.2) is 4.79 Å². The minimum atomic E-state index is -0.565. The summed E-state index contributed by atoms with van der Waals surface area (Å²) in [6.07, 6.45) is 20.1. The summed E-state index contributed by atoms with van der Waals surface area (Å²) in [5, 5.41) is 16.6. The number of hydrogen-bond acceptors (Lipinski definition) is 5. The number of hydrogen-bond donors (Lipinski definition) is 3. The molecule has 3 N–H and O–H groups in total. The predicted octanol–water partition coefficient (Wildman–Crippen LogP) is 8.01. The number of fused-ring (bicyclic) bond motifs is 2. The molecule has 5 rings (SSSR count). The topological polar surface area (TPSA) is 87.7 Å². The number of ether oxygens (including phenoxy) is 1. The van der Waals surface area contributed by atoms with Crippen molar-refractivity contribution >= 4 is 23.8 Å². The van der Waals surface area contributed by atoms with Gasteiger partial charge in [0.05, 0.1) is 17.7 Å². The van der Waals surface area contributed by atoms with Crippen LogP contribution in [0.15, 0.2) is 35.5 Å². The van der Waals surface area contributed by atoms with Crippen molar-refractivity contribution in [3.8, 4) is 0 Å². The maximum absolute atomic E-state index is 12.7. The van der Waals surface area contributed by atoms with Crippen molar-refractivity contribution < 1.29 is 19.4 Å². The van der Waals surface area contributed by atoms with Crippen LogP contribution < -0.4 is 10.6 Å². The van der Waals surface area contributed by atoms with E-state index in [0.717, 1.165) is 63.0 Å². The standard InChI is InChI=1S/C37H58N2O4S/c1-24-14-17-28(43-33(40)13-7-6-12-32-34-31(23-44-32)38-35(41)39-34)22-27(24)16-15-26-11-9-21-37(5)29(18-19-30(26)37)25(2)10-8-20-36(3,4)42/h15-16,25,28-32,34,42H,1,6-14,17-23H2,2-5H3,(H2,38,39,41)/t25-,28+,29-,30?,31+,32+,34+,37-/m1/s1. The van der Waals surface area contributed by atoms with Gasteiger partial charge in [-0.3, -0.25) is 4.79 Å². The highest BCUT2D eigenvalue weighted by atomic mass is 32.2. The third-order valence-electron chi connectivity index (χ3n) is 11.7. The first-order valence-corrected chi connectivity index (χ1v) is 18.7. The van der Waals surface area contributed by atoms with Gasteiger partial charge in [-0.05, 0) is 107 Å². The third-order valence-corrected chi connectivity index (χ3v) is 13.2. The van der Waals surface area contributed by atoms with Crippen LogP contribution in [-0.4, -0.2) is 51.9 Å². The van der Waals surface area contributed by atoms with Crippen molar-refractivity contribution in [1.29, 1.82) is 0 Å². The first-order valence-electron chi connectivity index (χ1n) is 17.6. The van der Waals surface area contributed by atoms with Gasteiger partial charge in [0.2, 0.25) is 0 Å². The smallest absolute Gasteiger partial charge is 0.315 e. The van der Waals surface area contributed by atoms with E-state index in [-0.39, 0.29) is 30.2 Å². The SMILES string of the molecule is C=C1CC[C@H](OC(=O)CCCC[C@@H]2SC[C@@H]3NC(=O)N[C@@H]32)CC1=CC=C1CCC[C@@]2(C)C1CC[C@@H]2[C@H](C)CCCC(C)(C)O. The molecule has 3 aliphatic carbocycles. The van der Waals surface area contributed by atoms with Gasteiger partial charge in [-0.1, -0.05) is 63.0 Å². The number of carbonyl (C=O) groups is 2. The van der Waals surface area contributed by atoms with Crippen molar-refractivity contribution in [3.63, 3.8) is 0 Å². The Labute approximate surface area is 270 Å². The second-order valence-electron chi connectivity index (χ2n) is 15.5. The van der Waals surface area contributed by atoms with Crippen molar-refractivity contribution in [3.05, 3.63) is 35.5 Å². The van der Waals surface area contributed by atoms with Gasteiger partial charge in [-0.2, -0.15) is 11.8 Å². The molecule has 246 valence electrons. The van der Waals surface area contributed by atoms with E-state index in [2.05, 4.69) is 43.2 Å². The summed E-state index contributed by atoms with van der Waals surface area (Å²) in [5.41, 5.74) is 3.87. The summed E-state index contributed by atoms with van der Waals surface area (Å²) >= 11 is 1.93. The largest absolute Gasteiger partial charge is 0.462 e. The number of aliphatic hydroxyl groups is 1. The Kier molecular flexibility index (Phi) is 11.0. The first-order chi connectivity index (χ1) is 20.9. The fourth-order valence-corrected chi connectivity index (χ4v) is 10.8. The second-order valence-corrected chi connectivity index (χ2v) is 16.8. The van der Waals surface area contributed by atoms with Crippen LogP contribution in [-0.2, 0) is 9.53 Å². The summed E-state index contributed by atoms with van der Waals surface area (Å²) in [6, 6.07) is 0.438. The Balaban J connectivity index is 1.09. The maximum atomic E-state index is 12.7. The molecule has 0 bridgehead atoms. The normalized spacial score (nSPS) is 36.2. The Morgan fingerprint density at radius 3 is 2.80 bits per heavy atom. The number of carbonyl (C=O) groups excluding carboxylic acids is 2. The molecule has 2 saturated heterocycles. The molecule has 3 saturated carbocycles. The average molecular weight is 627 g/mol. The Hall–Kier alpha value is -1.73. The molecule has 7 heteroatoms. The van der Waals surface area contributed by atoms with Crippen LogP contribution in [0.1, 0.15) is 124 Å². The Bertz CT molecular complexity index is 1130. The van der Waals surface area contributed by atoms with Crippen LogP contribution in [0.3, 0.4) is 0 Å². The molecule has 0 aromatic carbocycles. The molecule has 5 fully saturated rings.